The van der Waals surface area contributed by atoms with Crippen molar-refractivity contribution in [1.82, 2.24) is 10.2 Å². The Labute approximate surface area is 98.6 Å². The molecule has 2 unspecified atom stereocenters. The van der Waals surface area contributed by atoms with Crippen LogP contribution in [0.3, 0.4) is 0 Å². The highest BCUT2D eigenvalue weighted by molar-refractivity contribution is 5.79. The topological polar surface area (TPSA) is 32.3 Å². The molecule has 16 heavy (non-hydrogen) atoms. The quantitative estimate of drug-likeness (QED) is 0.788. The summed E-state index contributed by atoms with van der Waals surface area (Å²) in [6, 6.07) is 0. The van der Waals surface area contributed by atoms with Gasteiger partial charge in [0.05, 0.1) is 0 Å². The van der Waals surface area contributed by atoms with E-state index in [2.05, 4.69) is 31.0 Å². The van der Waals surface area contributed by atoms with Crippen molar-refractivity contribution in [3.05, 3.63) is 0 Å². The molecular formula is C13H24N2O. The Balaban J connectivity index is 1.91. The van der Waals surface area contributed by atoms with Crippen LogP contribution in [0, 0.1) is 17.3 Å². The highest BCUT2D eigenvalue weighted by atomic mass is 16.2. The third-order valence-corrected chi connectivity index (χ3v) is 4.63. The van der Waals surface area contributed by atoms with Gasteiger partial charge in [-0.05, 0) is 37.3 Å². The minimum Gasteiger partial charge on any atom is -0.342 e. The smallest absolute Gasteiger partial charge is 0.225 e. The fourth-order valence-electron chi connectivity index (χ4n) is 2.65. The molecule has 3 heteroatoms. The Morgan fingerprint density at radius 1 is 1.56 bits per heavy atom. The van der Waals surface area contributed by atoms with Gasteiger partial charge in [0, 0.05) is 19.0 Å². The second kappa shape index (κ2) is 4.36. The first-order chi connectivity index (χ1) is 7.56. The number of nitrogens with zero attached hydrogens (tertiary/aromatic N) is 1. The van der Waals surface area contributed by atoms with Crippen molar-refractivity contribution in [2.45, 2.75) is 33.6 Å². The van der Waals surface area contributed by atoms with Crippen LogP contribution in [0.15, 0.2) is 0 Å². The number of nitrogens with one attached hydrogen (secondary N) is 1. The summed E-state index contributed by atoms with van der Waals surface area (Å²) >= 11 is 0. The van der Waals surface area contributed by atoms with Crippen molar-refractivity contribution >= 4 is 5.91 Å². The summed E-state index contributed by atoms with van der Waals surface area (Å²) in [6.45, 7) is 10.6. The lowest BCUT2D eigenvalue weighted by Crippen LogP contribution is -2.50. The third kappa shape index (κ3) is 2.10. The molecule has 92 valence electrons. The van der Waals surface area contributed by atoms with E-state index in [-0.39, 0.29) is 5.92 Å². The van der Waals surface area contributed by atoms with Gasteiger partial charge in [0.25, 0.3) is 0 Å². The van der Waals surface area contributed by atoms with Gasteiger partial charge in [-0.25, -0.2) is 0 Å². The molecule has 2 rings (SSSR count). The van der Waals surface area contributed by atoms with Gasteiger partial charge in [0.1, 0.15) is 0 Å². The maximum atomic E-state index is 12.3. The lowest BCUT2D eigenvalue weighted by atomic mass is 9.86. The van der Waals surface area contributed by atoms with Crippen LogP contribution >= 0.6 is 0 Å². The van der Waals surface area contributed by atoms with Crippen molar-refractivity contribution in [2.24, 2.45) is 17.3 Å². The van der Waals surface area contributed by atoms with Gasteiger partial charge in [-0.3, -0.25) is 4.79 Å². The monoisotopic (exact) mass is 224 g/mol. The zero-order chi connectivity index (χ0) is 11.8. The SMILES string of the molecule is CCC1(C)CCN(C(=O)C(C)C2CNC2)C1. The second-order valence-corrected chi connectivity index (χ2v) is 5.88. The molecular weight excluding hydrogens is 200 g/mol. The molecule has 0 radical (unpaired) electrons. The zero-order valence-electron chi connectivity index (χ0n) is 10.8. The maximum absolute atomic E-state index is 12.3. The van der Waals surface area contributed by atoms with Crippen LogP contribution in [0.1, 0.15) is 33.6 Å². The highest BCUT2D eigenvalue weighted by Gasteiger charge is 2.38. The van der Waals surface area contributed by atoms with Gasteiger partial charge in [0.15, 0.2) is 0 Å². The van der Waals surface area contributed by atoms with Gasteiger partial charge in [-0.15, -0.1) is 0 Å². The van der Waals surface area contributed by atoms with Gasteiger partial charge in [0.2, 0.25) is 5.91 Å². The Kier molecular flexibility index (Phi) is 3.24. The fourth-order valence-corrected chi connectivity index (χ4v) is 2.65. The molecule has 0 aromatic rings. The predicted molar refractivity (Wildman–Crippen MR) is 65.1 cm³/mol. The van der Waals surface area contributed by atoms with E-state index in [0.29, 0.717) is 17.2 Å². The van der Waals surface area contributed by atoms with Crippen molar-refractivity contribution in [2.75, 3.05) is 26.2 Å². The van der Waals surface area contributed by atoms with Crippen molar-refractivity contribution < 1.29 is 4.79 Å². The molecule has 2 fully saturated rings. The van der Waals surface area contributed by atoms with Crippen LogP contribution in [0.4, 0.5) is 0 Å². The van der Waals surface area contributed by atoms with E-state index in [4.69, 9.17) is 0 Å². The molecule has 2 atom stereocenters. The molecule has 0 saturated carbocycles. The molecule has 1 amide bonds. The maximum Gasteiger partial charge on any atom is 0.225 e. The van der Waals surface area contributed by atoms with E-state index in [1.165, 1.54) is 12.8 Å². The van der Waals surface area contributed by atoms with Gasteiger partial charge >= 0.3 is 0 Å². The number of rotatable bonds is 3. The highest BCUT2D eigenvalue weighted by Crippen LogP contribution is 2.34. The summed E-state index contributed by atoms with van der Waals surface area (Å²) in [5.41, 5.74) is 0.368. The second-order valence-electron chi connectivity index (χ2n) is 5.88. The summed E-state index contributed by atoms with van der Waals surface area (Å²) < 4.78 is 0. The molecule has 0 spiro atoms. The molecule has 0 aromatic carbocycles. The van der Waals surface area contributed by atoms with E-state index >= 15 is 0 Å². The zero-order valence-corrected chi connectivity index (χ0v) is 10.8. The van der Waals surface area contributed by atoms with Crippen LogP contribution < -0.4 is 5.32 Å². The Bertz CT molecular complexity index is 275. The average molecular weight is 224 g/mol. The minimum atomic E-state index is 0.209. The summed E-state index contributed by atoms with van der Waals surface area (Å²) in [5, 5.41) is 3.24. The Hall–Kier alpha value is -0.570. The van der Waals surface area contributed by atoms with Crippen LogP contribution in [-0.2, 0) is 4.79 Å². The fraction of sp³-hybridized carbons (Fsp3) is 0.923. The summed E-state index contributed by atoms with van der Waals surface area (Å²) in [5.74, 6) is 1.16. The summed E-state index contributed by atoms with van der Waals surface area (Å²) in [6.07, 6.45) is 2.35. The van der Waals surface area contributed by atoms with E-state index in [1.54, 1.807) is 0 Å². The van der Waals surface area contributed by atoms with Crippen molar-refractivity contribution in [3.8, 4) is 0 Å². The van der Waals surface area contributed by atoms with Crippen LogP contribution in [0.2, 0.25) is 0 Å². The number of likely N-dealkylation sites (tertiary alicyclic amines) is 1. The molecule has 2 aliphatic rings. The van der Waals surface area contributed by atoms with Crippen molar-refractivity contribution in [3.63, 3.8) is 0 Å². The van der Waals surface area contributed by atoms with E-state index in [0.717, 1.165) is 26.2 Å². The normalized spacial score (nSPS) is 32.6. The molecule has 2 aliphatic heterocycles. The number of hydrogen-bond donors (Lipinski definition) is 1. The molecule has 2 saturated heterocycles. The summed E-state index contributed by atoms with van der Waals surface area (Å²) in [4.78, 5) is 14.4. The van der Waals surface area contributed by atoms with E-state index < -0.39 is 0 Å². The van der Waals surface area contributed by atoms with Crippen molar-refractivity contribution in [1.29, 1.82) is 0 Å². The Morgan fingerprint density at radius 2 is 2.25 bits per heavy atom. The molecule has 0 bridgehead atoms. The number of carbonyl (C=O) groups is 1. The molecule has 0 aromatic heterocycles. The van der Waals surface area contributed by atoms with Gasteiger partial charge < -0.3 is 10.2 Å². The number of amides is 1. The van der Waals surface area contributed by atoms with E-state index in [1.807, 2.05) is 0 Å². The average Bonchev–Trinajstić information content (AvgIpc) is 2.58. The number of hydrogen-bond acceptors (Lipinski definition) is 2. The van der Waals surface area contributed by atoms with Crippen LogP contribution in [0.25, 0.3) is 0 Å². The molecule has 0 aliphatic carbocycles. The molecule has 3 nitrogen and oxygen atoms in total. The third-order valence-electron chi connectivity index (χ3n) is 4.63. The first kappa shape index (κ1) is 11.9. The lowest BCUT2D eigenvalue weighted by molar-refractivity contribution is -0.136. The van der Waals surface area contributed by atoms with Crippen LogP contribution in [-0.4, -0.2) is 37.0 Å². The van der Waals surface area contributed by atoms with E-state index in [9.17, 15) is 4.79 Å². The standard InChI is InChI=1S/C13H24N2O/c1-4-13(3)5-6-15(9-13)12(16)10(2)11-7-14-8-11/h10-11,14H,4-9H2,1-3H3. The summed E-state index contributed by atoms with van der Waals surface area (Å²) in [7, 11) is 0. The largest absolute Gasteiger partial charge is 0.342 e. The lowest BCUT2D eigenvalue weighted by Gasteiger charge is -2.34. The molecule has 1 N–H and O–H groups in total. The van der Waals surface area contributed by atoms with Gasteiger partial charge in [-0.2, -0.15) is 0 Å². The minimum absolute atomic E-state index is 0.209. The number of carbonyl (C=O) groups excluding carboxylic acids is 1. The predicted octanol–water partition coefficient (Wildman–Crippen LogP) is 1.49. The first-order valence-electron chi connectivity index (χ1n) is 6.55. The molecule has 2 heterocycles. The van der Waals surface area contributed by atoms with Crippen LogP contribution in [0.5, 0.6) is 0 Å². The first-order valence-corrected chi connectivity index (χ1v) is 6.55. The van der Waals surface area contributed by atoms with Gasteiger partial charge in [-0.1, -0.05) is 20.8 Å². The Morgan fingerprint density at radius 3 is 2.69 bits per heavy atom.